The number of rotatable bonds is 5. The molecule has 5 rings (SSSR count). The lowest BCUT2D eigenvalue weighted by molar-refractivity contribution is 0.283. The Labute approximate surface area is 174 Å². The molecule has 3 aliphatic heterocycles. The van der Waals surface area contributed by atoms with Crippen molar-refractivity contribution in [2.75, 3.05) is 26.2 Å². The monoisotopic (exact) mass is 387 g/mol. The van der Waals surface area contributed by atoms with Gasteiger partial charge >= 0.3 is 0 Å². The van der Waals surface area contributed by atoms with E-state index in [1.165, 1.54) is 110 Å². The highest BCUT2D eigenvalue weighted by Gasteiger charge is 2.27. The first-order chi connectivity index (χ1) is 13.8. The topological polar surface area (TPSA) is 18.5 Å². The molecule has 0 spiro atoms. The molecule has 0 radical (unpaired) electrons. The van der Waals surface area contributed by atoms with Gasteiger partial charge in [0, 0.05) is 36.6 Å². The fourth-order valence-electron chi connectivity index (χ4n) is 5.18. The normalized spacial score (nSPS) is 28.4. The second-order valence-corrected chi connectivity index (χ2v) is 9.10. The van der Waals surface area contributed by atoms with E-state index in [4.69, 9.17) is 0 Å². The Morgan fingerprint density at radius 2 is 1.36 bits per heavy atom. The van der Waals surface area contributed by atoms with Gasteiger partial charge in [-0.1, -0.05) is 32.4 Å². The Morgan fingerprint density at radius 1 is 0.821 bits per heavy atom. The van der Waals surface area contributed by atoms with E-state index in [0.29, 0.717) is 0 Å². The Balaban J connectivity index is 0.000000130. The minimum atomic E-state index is 0.876. The first kappa shape index (κ1) is 21.7. The van der Waals surface area contributed by atoms with E-state index < -0.39 is 0 Å². The van der Waals surface area contributed by atoms with Crippen LogP contribution in [0.5, 0.6) is 0 Å². The van der Waals surface area contributed by atoms with Crippen molar-refractivity contribution < 1.29 is 0 Å². The highest BCUT2D eigenvalue weighted by molar-refractivity contribution is 5.14. The molecule has 3 nitrogen and oxygen atoms in total. The van der Waals surface area contributed by atoms with Gasteiger partial charge in [-0.25, -0.2) is 0 Å². The molecule has 3 fully saturated rings. The molecule has 3 heteroatoms. The molecule has 0 aromatic carbocycles. The third-order valence-corrected chi connectivity index (χ3v) is 7.10. The quantitative estimate of drug-likeness (QED) is 0.639. The third-order valence-electron chi connectivity index (χ3n) is 7.10. The summed E-state index contributed by atoms with van der Waals surface area (Å²) in [5.74, 6) is 0. The van der Waals surface area contributed by atoms with Crippen LogP contribution in [-0.2, 0) is 0 Å². The van der Waals surface area contributed by atoms with Crippen molar-refractivity contribution >= 4 is 0 Å². The van der Waals surface area contributed by atoms with Gasteiger partial charge in [-0.2, -0.15) is 0 Å². The van der Waals surface area contributed by atoms with Gasteiger partial charge in [-0.05, 0) is 90.1 Å². The number of likely N-dealkylation sites (tertiary alicyclic amines) is 2. The fraction of sp³-hybridized carbons (Fsp3) is 0.840. The third kappa shape index (κ3) is 6.02. The van der Waals surface area contributed by atoms with Crippen LogP contribution < -0.4 is 5.32 Å². The molecule has 2 aliphatic carbocycles. The smallest absolute Gasteiger partial charge is 0.0287 e. The Bertz CT molecular complexity index is 498. The molecule has 0 saturated carbocycles. The second-order valence-electron chi connectivity index (χ2n) is 9.10. The zero-order valence-corrected chi connectivity index (χ0v) is 18.7. The molecule has 0 aromatic rings. The van der Waals surface area contributed by atoms with Gasteiger partial charge in [-0.15, -0.1) is 0 Å². The molecule has 0 bridgehead atoms. The molecule has 2 unspecified atom stereocenters. The lowest BCUT2D eigenvalue weighted by Gasteiger charge is -2.32. The molecule has 160 valence electrons. The molecule has 2 atom stereocenters. The van der Waals surface area contributed by atoms with Gasteiger partial charge in [0.2, 0.25) is 0 Å². The van der Waals surface area contributed by atoms with Crippen LogP contribution in [-0.4, -0.2) is 48.1 Å². The van der Waals surface area contributed by atoms with Crippen LogP contribution in [0.4, 0.5) is 0 Å². The van der Waals surface area contributed by atoms with Crippen molar-refractivity contribution in [2.45, 2.75) is 109 Å². The summed E-state index contributed by atoms with van der Waals surface area (Å²) in [7, 11) is 0. The van der Waals surface area contributed by atoms with Crippen LogP contribution in [0, 0.1) is 0 Å². The summed E-state index contributed by atoms with van der Waals surface area (Å²) in [6.45, 7) is 9.76. The van der Waals surface area contributed by atoms with Crippen LogP contribution in [0.1, 0.15) is 97.3 Å². The number of nitrogens with one attached hydrogen (secondary N) is 1. The van der Waals surface area contributed by atoms with Gasteiger partial charge < -0.3 is 15.1 Å². The van der Waals surface area contributed by atoms with E-state index >= 15 is 0 Å². The van der Waals surface area contributed by atoms with Crippen molar-refractivity contribution in [2.24, 2.45) is 0 Å². The van der Waals surface area contributed by atoms with E-state index in [2.05, 4.69) is 41.1 Å². The summed E-state index contributed by atoms with van der Waals surface area (Å²) in [5.41, 5.74) is 3.28. The summed E-state index contributed by atoms with van der Waals surface area (Å²) in [6, 6.07) is 1.77. The predicted molar refractivity (Wildman–Crippen MR) is 121 cm³/mol. The average Bonchev–Trinajstić information content (AvgIpc) is 3.37. The van der Waals surface area contributed by atoms with Crippen molar-refractivity contribution in [3.63, 3.8) is 0 Å². The number of nitrogens with zero attached hydrogens (tertiary/aromatic N) is 2. The minimum Gasteiger partial charge on any atom is -0.372 e. The van der Waals surface area contributed by atoms with Crippen LogP contribution in [0.25, 0.3) is 0 Å². The highest BCUT2D eigenvalue weighted by Crippen LogP contribution is 2.32. The Kier molecular flexibility index (Phi) is 9.24. The molecule has 28 heavy (non-hydrogen) atoms. The van der Waals surface area contributed by atoms with Crippen molar-refractivity contribution in [1.82, 2.24) is 15.1 Å². The lowest BCUT2D eigenvalue weighted by Crippen LogP contribution is -2.30. The van der Waals surface area contributed by atoms with Crippen LogP contribution in [0.15, 0.2) is 23.5 Å². The molecular weight excluding hydrogens is 342 g/mol. The molecular formula is C25H45N3. The lowest BCUT2D eigenvalue weighted by atomic mass is 10.0. The largest absolute Gasteiger partial charge is 0.372 e. The van der Waals surface area contributed by atoms with Crippen molar-refractivity contribution in [3.05, 3.63) is 23.5 Å². The summed E-state index contributed by atoms with van der Waals surface area (Å²) < 4.78 is 0. The number of allylic oxidation sites excluding steroid dienone is 4. The fourth-order valence-corrected chi connectivity index (χ4v) is 5.18. The maximum Gasteiger partial charge on any atom is 0.0287 e. The molecule has 5 aliphatic rings. The van der Waals surface area contributed by atoms with Crippen LogP contribution in [0.3, 0.4) is 0 Å². The van der Waals surface area contributed by atoms with E-state index in [1.807, 2.05) is 0 Å². The average molecular weight is 388 g/mol. The van der Waals surface area contributed by atoms with Gasteiger partial charge in [0.1, 0.15) is 0 Å². The standard InChI is InChI=1S/C11H19N.C10H17N.C4H9N/c1-2-5-10-8-4-9-12(10)11-6-3-7-11;1-2-9-7-4-8-11(9)10-5-3-6-10;1-2-4-5-3-1/h6,10H,2-5,7-9H2,1H3;5,9H,2-4,6-8H2,1H3;5H,1-4H2. The predicted octanol–water partition coefficient (Wildman–Crippen LogP) is 5.84. The minimum absolute atomic E-state index is 0.876. The van der Waals surface area contributed by atoms with Crippen LogP contribution >= 0.6 is 0 Å². The van der Waals surface area contributed by atoms with E-state index in [-0.39, 0.29) is 0 Å². The molecule has 3 saturated heterocycles. The maximum absolute atomic E-state index is 3.22. The summed E-state index contributed by atoms with van der Waals surface area (Å²) in [4.78, 5) is 5.29. The first-order valence-corrected chi connectivity index (χ1v) is 12.5. The SMILES string of the molecule is C1CCNC1.CCC1CCCN1C1=CCC1.CCCC1CCCN1C1=CCC1. The molecule has 1 N–H and O–H groups in total. The van der Waals surface area contributed by atoms with Crippen molar-refractivity contribution in [1.29, 1.82) is 0 Å². The summed E-state index contributed by atoms with van der Waals surface area (Å²) in [6.07, 6.45) is 22.7. The van der Waals surface area contributed by atoms with E-state index in [0.717, 1.165) is 12.1 Å². The zero-order valence-electron chi connectivity index (χ0n) is 18.7. The maximum atomic E-state index is 3.22. The second kappa shape index (κ2) is 11.9. The number of hydrogen-bond donors (Lipinski definition) is 1. The summed E-state index contributed by atoms with van der Waals surface area (Å²) >= 11 is 0. The van der Waals surface area contributed by atoms with E-state index in [9.17, 15) is 0 Å². The van der Waals surface area contributed by atoms with E-state index in [1.54, 1.807) is 11.4 Å². The van der Waals surface area contributed by atoms with Gasteiger partial charge in [-0.3, -0.25) is 0 Å². The van der Waals surface area contributed by atoms with Gasteiger partial charge in [0.25, 0.3) is 0 Å². The molecule has 0 aromatic heterocycles. The first-order valence-electron chi connectivity index (χ1n) is 12.5. The number of hydrogen-bond acceptors (Lipinski definition) is 3. The highest BCUT2D eigenvalue weighted by atomic mass is 15.2. The molecule has 0 amide bonds. The van der Waals surface area contributed by atoms with Crippen molar-refractivity contribution in [3.8, 4) is 0 Å². The Morgan fingerprint density at radius 3 is 1.75 bits per heavy atom. The zero-order chi connectivity index (χ0) is 19.6. The van der Waals surface area contributed by atoms with Crippen LogP contribution in [0.2, 0.25) is 0 Å². The van der Waals surface area contributed by atoms with Gasteiger partial charge in [0.05, 0.1) is 0 Å². The Hall–Kier alpha value is -0.960. The summed E-state index contributed by atoms with van der Waals surface area (Å²) in [5, 5.41) is 3.22. The molecule has 3 heterocycles. The van der Waals surface area contributed by atoms with Gasteiger partial charge in [0.15, 0.2) is 0 Å².